The zero-order chi connectivity index (χ0) is 12.0. The Balaban J connectivity index is 2.71. The molecule has 0 bridgehead atoms. The minimum Gasteiger partial charge on any atom is -0.371 e. The fraction of sp³-hybridized carbons (Fsp3) is 0.143. The Kier molecular flexibility index (Phi) is 2.01. The van der Waals surface area contributed by atoms with Crippen LogP contribution in [0.15, 0.2) is 45.6 Å². The van der Waals surface area contributed by atoms with Crippen LogP contribution in [0.5, 0.6) is 0 Å². The molecule has 3 rings (SSSR count). The van der Waals surface area contributed by atoms with E-state index in [1.54, 1.807) is 4.40 Å². The van der Waals surface area contributed by atoms with Crippen LogP contribution in [0.25, 0.3) is 16.5 Å². The van der Waals surface area contributed by atoms with Crippen molar-refractivity contribution in [2.75, 3.05) is 0 Å². The molecule has 17 heavy (non-hydrogen) atoms. The molecule has 0 radical (unpaired) electrons. The summed E-state index contributed by atoms with van der Waals surface area (Å²) < 4.78 is 6.99. The lowest BCUT2D eigenvalue weighted by atomic mass is 10.1. The molecule has 0 spiro atoms. The van der Waals surface area contributed by atoms with E-state index in [0.717, 1.165) is 22.2 Å². The summed E-state index contributed by atoms with van der Waals surface area (Å²) in [6.07, 6.45) is 0. The molecule has 0 aliphatic heterocycles. The average molecular weight is 226 g/mol. The molecule has 0 amide bonds. The van der Waals surface area contributed by atoms with Crippen molar-refractivity contribution in [1.82, 2.24) is 0 Å². The lowest BCUT2D eigenvalue weighted by molar-refractivity contribution is -0.550. The molecule has 0 aliphatic carbocycles. The Labute approximate surface area is 97.9 Å². The second-order valence-corrected chi connectivity index (χ2v) is 4.21. The monoisotopic (exact) mass is 226 g/mol. The van der Waals surface area contributed by atoms with Crippen LogP contribution < -0.4 is 10.2 Å². The van der Waals surface area contributed by atoms with E-state index in [0.29, 0.717) is 5.58 Å². The van der Waals surface area contributed by atoms with E-state index in [1.807, 2.05) is 50.2 Å². The second-order valence-electron chi connectivity index (χ2n) is 4.21. The molecule has 3 aromatic rings. The topological polar surface area (TPSA) is 34.3 Å². The molecule has 3 nitrogen and oxygen atoms in total. The van der Waals surface area contributed by atoms with E-state index in [1.165, 1.54) is 0 Å². The number of hydrogen-bond donors (Lipinski definition) is 0. The largest absolute Gasteiger partial charge is 0.608 e. The van der Waals surface area contributed by atoms with E-state index < -0.39 is 0 Å². The Morgan fingerprint density at radius 3 is 2.65 bits per heavy atom. The van der Waals surface area contributed by atoms with Crippen molar-refractivity contribution < 1.29 is 8.82 Å². The van der Waals surface area contributed by atoms with Crippen molar-refractivity contribution >= 4 is 16.5 Å². The highest BCUT2D eigenvalue weighted by molar-refractivity contribution is 5.91. The molecule has 0 saturated heterocycles. The van der Waals surface area contributed by atoms with Gasteiger partial charge in [-0.3, -0.25) is 0 Å². The molecule has 0 atom stereocenters. The molecule has 2 aromatic heterocycles. The predicted molar refractivity (Wildman–Crippen MR) is 65.1 cm³/mol. The van der Waals surface area contributed by atoms with Crippen molar-refractivity contribution in [3.05, 3.63) is 58.2 Å². The number of aromatic nitrogens is 1. The quantitative estimate of drug-likeness (QED) is 0.435. The minimum absolute atomic E-state index is 0.333. The first-order chi connectivity index (χ1) is 8.18. The van der Waals surface area contributed by atoms with Crippen molar-refractivity contribution in [2.45, 2.75) is 13.8 Å². The number of benzene rings is 1. The fourth-order valence-electron chi connectivity index (χ4n) is 2.19. The summed E-state index contributed by atoms with van der Waals surface area (Å²) in [6.45, 7) is 3.84. The van der Waals surface area contributed by atoms with Crippen molar-refractivity contribution in [3.63, 3.8) is 0 Å². The molecule has 1 aromatic carbocycles. The molecular formula is C14H12NO2+. The molecular weight excluding hydrogens is 214 g/mol. The van der Waals surface area contributed by atoms with Gasteiger partial charge in [0.05, 0.1) is 5.39 Å². The lowest BCUT2D eigenvalue weighted by Crippen LogP contribution is -2.42. The molecule has 3 heteroatoms. The van der Waals surface area contributed by atoms with Crippen LogP contribution in [0.4, 0.5) is 0 Å². The summed E-state index contributed by atoms with van der Waals surface area (Å²) in [5.74, 6) is -0.333. The highest BCUT2D eigenvalue weighted by atomic mass is 16.4. The van der Waals surface area contributed by atoms with Crippen LogP contribution in [0.1, 0.15) is 11.3 Å². The van der Waals surface area contributed by atoms with Crippen LogP contribution in [0.3, 0.4) is 0 Å². The van der Waals surface area contributed by atoms with Crippen LogP contribution in [0, 0.1) is 13.8 Å². The highest BCUT2D eigenvalue weighted by Gasteiger charge is 2.17. The fourth-order valence-corrected chi connectivity index (χ4v) is 2.19. The second kappa shape index (κ2) is 3.42. The van der Waals surface area contributed by atoms with Gasteiger partial charge in [-0.2, -0.15) is 4.79 Å². The maximum atomic E-state index is 12.0. The average Bonchev–Trinajstić information content (AvgIpc) is 2.31. The number of para-hydroxylation sites is 1. The van der Waals surface area contributed by atoms with Gasteiger partial charge in [-0.05, 0) is 24.6 Å². The number of hydrogen-bond acceptors (Lipinski definition) is 2. The first kappa shape index (κ1) is 10.0. The number of aryl methyl sites for hydroxylation is 2. The van der Waals surface area contributed by atoms with Gasteiger partial charge in [0.1, 0.15) is 0 Å². The standard InChI is InChI=1S/C14H12NO2/c1-9-5-3-7-11-12-8-4-6-10(2)15(12)14(16)17-13(9)11/h3-8H,1-2H3/q+1. The van der Waals surface area contributed by atoms with Crippen LogP contribution in [-0.2, 0) is 0 Å². The smallest absolute Gasteiger partial charge is 0.371 e. The van der Waals surface area contributed by atoms with Gasteiger partial charge in [-0.25, -0.2) is 0 Å². The zero-order valence-corrected chi connectivity index (χ0v) is 9.73. The van der Waals surface area contributed by atoms with Gasteiger partial charge in [0.2, 0.25) is 5.52 Å². The molecule has 0 aliphatic rings. The van der Waals surface area contributed by atoms with Gasteiger partial charge in [0.25, 0.3) is 0 Å². The predicted octanol–water partition coefficient (Wildman–Crippen LogP) is 2.15. The third kappa shape index (κ3) is 1.35. The van der Waals surface area contributed by atoms with Gasteiger partial charge in [0, 0.05) is 19.1 Å². The number of fused-ring (bicyclic) bond motifs is 3. The summed E-state index contributed by atoms with van der Waals surface area (Å²) >= 11 is 0. The Morgan fingerprint density at radius 1 is 1.06 bits per heavy atom. The van der Waals surface area contributed by atoms with E-state index in [4.69, 9.17) is 4.42 Å². The summed E-state index contributed by atoms with van der Waals surface area (Å²) in [5.41, 5.74) is 3.41. The minimum atomic E-state index is -0.333. The first-order valence-corrected chi connectivity index (χ1v) is 5.52. The van der Waals surface area contributed by atoms with E-state index in [9.17, 15) is 4.79 Å². The SMILES string of the molecule is Cc1cccc2c1oc(=O)[n+]1c(C)cccc21. The zero-order valence-electron chi connectivity index (χ0n) is 9.73. The molecule has 0 unspecified atom stereocenters. The summed E-state index contributed by atoms with van der Waals surface area (Å²) in [4.78, 5) is 12.0. The van der Waals surface area contributed by atoms with Crippen LogP contribution in [-0.4, -0.2) is 0 Å². The molecule has 84 valence electrons. The summed E-state index contributed by atoms with van der Waals surface area (Å²) in [5, 5.41) is 0.966. The summed E-state index contributed by atoms with van der Waals surface area (Å²) in [6, 6.07) is 11.7. The van der Waals surface area contributed by atoms with Gasteiger partial charge in [0.15, 0.2) is 11.3 Å². The van der Waals surface area contributed by atoms with Gasteiger partial charge < -0.3 is 4.42 Å². The van der Waals surface area contributed by atoms with E-state index in [-0.39, 0.29) is 5.76 Å². The first-order valence-electron chi connectivity index (χ1n) is 5.52. The molecule has 2 heterocycles. The molecule has 0 fully saturated rings. The lowest BCUT2D eigenvalue weighted by Gasteiger charge is -2.00. The third-order valence-corrected chi connectivity index (χ3v) is 3.04. The number of rotatable bonds is 0. The normalized spacial score (nSPS) is 11.2. The van der Waals surface area contributed by atoms with Gasteiger partial charge in [-0.15, -0.1) is 0 Å². The number of pyridine rings is 1. The number of nitrogens with zero attached hydrogens (tertiary/aromatic N) is 1. The van der Waals surface area contributed by atoms with E-state index >= 15 is 0 Å². The van der Waals surface area contributed by atoms with Crippen molar-refractivity contribution in [2.24, 2.45) is 0 Å². The van der Waals surface area contributed by atoms with E-state index in [2.05, 4.69) is 0 Å². The van der Waals surface area contributed by atoms with Crippen molar-refractivity contribution in [1.29, 1.82) is 0 Å². The molecule has 0 saturated carbocycles. The Bertz CT molecular complexity index is 787. The third-order valence-electron chi connectivity index (χ3n) is 3.04. The Hall–Kier alpha value is -2.16. The maximum absolute atomic E-state index is 12.0. The molecule has 0 N–H and O–H groups in total. The van der Waals surface area contributed by atoms with Gasteiger partial charge >= 0.3 is 5.76 Å². The van der Waals surface area contributed by atoms with Gasteiger partial charge in [-0.1, -0.05) is 16.5 Å². The summed E-state index contributed by atoms with van der Waals surface area (Å²) in [7, 11) is 0. The van der Waals surface area contributed by atoms with Crippen LogP contribution in [0.2, 0.25) is 0 Å². The van der Waals surface area contributed by atoms with Crippen molar-refractivity contribution in [3.8, 4) is 0 Å². The Morgan fingerprint density at radius 2 is 1.82 bits per heavy atom. The maximum Gasteiger partial charge on any atom is 0.608 e. The highest BCUT2D eigenvalue weighted by Crippen LogP contribution is 2.19. The van der Waals surface area contributed by atoms with Crippen LogP contribution >= 0.6 is 0 Å².